The summed E-state index contributed by atoms with van der Waals surface area (Å²) in [4.78, 5) is 22.3. The number of piperazine rings is 1. The maximum absolute atomic E-state index is 13.4. The minimum atomic E-state index is -0.109. The zero-order valence-corrected chi connectivity index (χ0v) is 18.3. The first-order valence-electron chi connectivity index (χ1n) is 11.1. The molecule has 2 aliphatic heterocycles. The maximum Gasteiger partial charge on any atom is 0.225 e. The lowest BCUT2D eigenvalue weighted by molar-refractivity contribution is -0.126. The molecule has 6 heteroatoms. The van der Waals surface area contributed by atoms with Gasteiger partial charge in [0.2, 0.25) is 5.91 Å². The summed E-state index contributed by atoms with van der Waals surface area (Å²) in [6.07, 6.45) is 4.30. The quantitative estimate of drug-likeness (QED) is 0.676. The number of anilines is 2. The molecule has 1 aromatic heterocycles. The molecule has 0 aliphatic carbocycles. The molecule has 1 fully saturated rings. The Bertz CT molecular complexity index is 1070. The molecule has 0 spiro atoms. The van der Waals surface area contributed by atoms with Crippen molar-refractivity contribution in [1.82, 2.24) is 10.3 Å². The molecular formula is C26H28N4O2. The van der Waals surface area contributed by atoms with Crippen LogP contribution >= 0.6 is 0 Å². The minimum Gasteiger partial charge on any atom is -0.497 e. The second kappa shape index (κ2) is 8.91. The lowest BCUT2D eigenvalue weighted by Crippen LogP contribution is -2.61. The van der Waals surface area contributed by atoms with E-state index in [0.29, 0.717) is 6.54 Å². The SMILES string of the molecule is COc1ccc(N2CCN3c4ccccc4C[C@H](C(=O)NCc4cccnc4)[C@@H]3C2)cc1. The van der Waals surface area contributed by atoms with E-state index in [4.69, 9.17) is 4.74 Å². The molecule has 1 N–H and O–H groups in total. The third kappa shape index (κ3) is 4.00. The number of ether oxygens (including phenoxy) is 1. The number of para-hydroxylation sites is 1. The van der Waals surface area contributed by atoms with Crippen molar-refractivity contribution in [3.63, 3.8) is 0 Å². The molecule has 32 heavy (non-hydrogen) atoms. The van der Waals surface area contributed by atoms with Gasteiger partial charge in [-0.1, -0.05) is 24.3 Å². The van der Waals surface area contributed by atoms with E-state index in [9.17, 15) is 4.79 Å². The number of rotatable bonds is 5. The molecule has 0 saturated carbocycles. The molecule has 0 radical (unpaired) electrons. The highest BCUT2D eigenvalue weighted by molar-refractivity contribution is 5.82. The van der Waals surface area contributed by atoms with Gasteiger partial charge < -0.3 is 19.9 Å². The summed E-state index contributed by atoms with van der Waals surface area (Å²) in [6, 6.07) is 20.7. The molecule has 5 rings (SSSR count). The summed E-state index contributed by atoms with van der Waals surface area (Å²) in [5, 5.41) is 3.16. The molecule has 0 unspecified atom stereocenters. The molecule has 6 nitrogen and oxygen atoms in total. The monoisotopic (exact) mass is 428 g/mol. The van der Waals surface area contributed by atoms with Gasteiger partial charge in [0.05, 0.1) is 19.1 Å². The van der Waals surface area contributed by atoms with Crippen LogP contribution in [0.25, 0.3) is 0 Å². The highest BCUT2D eigenvalue weighted by Gasteiger charge is 2.41. The van der Waals surface area contributed by atoms with Crippen molar-refractivity contribution in [3.8, 4) is 5.75 Å². The van der Waals surface area contributed by atoms with Crippen molar-refractivity contribution in [2.24, 2.45) is 5.92 Å². The van der Waals surface area contributed by atoms with Gasteiger partial charge in [-0.3, -0.25) is 9.78 Å². The Morgan fingerprint density at radius 3 is 2.72 bits per heavy atom. The number of methoxy groups -OCH3 is 1. The number of pyridine rings is 1. The van der Waals surface area contributed by atoms with Crippen LogP contribution in [0.4, 0.5) is 11.4 Å². The molecule has 1 amide bonds. The molecular weight excluding hydrogens is 400 g/mol. The smallest absolute Gasteiger partial charge is 0.225 e. The Morgan fingerprint density at radius 2 is 1.94 bits per heavy atom. The molecule has 2 aliphatic rings. The van der Waals surface area contributed by atoms with Crippen LogP contribution in [-0.2, 0) is 17.8 Å². The van der Waals surface area contributed by atoms with Gasteiger partial charge in [-0.05, 0) is 53.9 Å². The van der Waals surface area contributed by atoms with E-state index in [-0.39, 0.29) is 17.9 Å². The summed E-state index contributed by atoms with van der Waals surface area (Å²) >= 11 is 0. The van der Waals surface area contributed by atoms with Gasteiger partial charge in [0, 0.05) is 49.9 Å². The summed E-state index contributed by atoms with van der Waals surface area (Å²) in [5.41, 5.74) is 4.70. The van der Waals surface area contributed by atoms with Gasteiger partial charge in [0.25, 0.3) is 0 Å². The van der Waals surface area contributed by atoms with E-state index >= 15 is 0 Å². The Balaban J connectivity index is 1.38. The number of carbonyl (C=O) groups excluding carboxylic acids is 1. The van der Waals surface area contributed by atoms with Crippen LogP contribution < -0.4 is 19.9 Å². The van der Waals surface area contributed by atoms with E-state index in [2.05, 4.69) is 56.5 Å². The fourth-order valence-electron chi connectivity index (χ4n) is 4.91. The highest BCUT2D eigenvalue weighted by Crippen LogP contribution is 2.37. The van der Waals surface area contributed by atoms with Crippen molar-refractivity contribution in [3.05, 3.63) is 84.2 Å². The van der Waals surface area contributed by atoms with Crippen LogP contribution in [-0.4, -0.2) is 43.7 Å². The van der Waals surface area contributed by atoms with Crippen molar-refractivity contribution < 1.29 is 9.53 Å². The zero-order chi connectivity index (χ0) is 21.9. The highest BCUT2D eigenvalue weighted by atomic mass is 16.5. The summed E-state index contributed by atoms with van der Waals surface area (Å²) in [6.45, 7) is 3.12. The molecule has 1 saturated heterocycles. The minimum absolute atomic E-state index is 0.106. The van der Waals surface area contributed by atoms with Gasteiger partial charge in [-0.25, -0.2) is 0 Å². The van der Waals surface area contributed by atoms with Gasteiger partial charge in [-0.15, -0.1) is 0 Å². The number of amides is 1. The first-order chi connectivity index (χ1) is 15.7. The van der Waals surface area contributed by atoms with Crippen molar-refractivity contribution in [2.45, 2.75) is 19.0 Å². The second-order valence-corrected chi connectivity index (χ2v) is 8.42. The van der Waals surface area contributed by atoms with E-state index in [1.165, 1.54) is 16.9 Å². The summed E-state index contributed by atoms with van der Waals surface area (Å²) < 4.78 is 5.31. The van der Waals surface area contributed by atoms with Gasteiger partial charge >= 0.3 is 0 Å². The molecule has 0 bridgehead atoms. The Labute approximate surface area is 188 Å². The largest absolute Gasteiger partial charge is 0.497 e. The first-order valence-corrected chi connectivity index (χ1v) is 11.1. The second-order valence-electron chi connectivity index (χ2n) is 8.42. The Morgan fingerprint density at radius 1 is 1.09 bits per heavy atom. The van der Waals surface area contributed by atoms with Crippen molar-refractivity contribution in [2.75, 3.05) is 36.5 Å². The lowest BCUT2D eigenvalue weighted by Gasteiger charge is -2.49. The predicted octanol–water partition coefficient (Wildman–Crippen LogP) is 3.27. The number of fused-ring (bicyclic) bond motifs is 3. The average molecular weight is 429 g/mol. The Kier molecular flexibility index (Phi) is 5.67. The van der Waals surface area contributed by atoms with Gasteiger partial charge in [-0.2, -0.15) is 0 Å². The molecule has 2 atom stereocenters. The molecule has 164 valence electrons. The standard InChI is InChI=1S/C26H28N4O2/c1-32-22-10-8-21(9-11-22)29-13-14-30-24-7-3-2-6-20(24)15-23(25(30)18-29)26(31)28-17-19-5-4-12-27-16-19/h2-12,16,23,25H,13-15,17-18H2,1H3,(H,28,31)/t23-,25-/m0/s1. The fraction of sp³-hybridized carbons (Fsp3) is 0.308. The van der Waals surface area contributed by atoms with Crippen molar-refractivity contribution in [1.29, 1.82) is 0 Å². The van der Waals surface area contributed by atoms with Crippen LogP contribution in [0.3, 0.4) is 0 Å². The van der Waals surface area contributed by atoms with E-state index < -0.39 is 0 Å². The summed E-state index contributed by atoms with van der Waals surface area (Å²) in [7, 11) is 1.68. The van der Waals surface area contributed by atoms with Crippen LogP contribution in [0.2, 0.25) is 0 Å². The number of aromatic nitrogens is 1. The topological polar surface area (TPSA) is 57.7 Å². The van der Waals surface area contributed by atoms with Crippen LogP contribution in [0.5, 0.6) is 5.75 Å². The van der Waals surface area contributed by atoms with Gasteiger partial charge in [0.15, 0.2) is 0 Å². The third-order valence-electron chi connectivity index (χ3n) is 6.59. The lowest BCUT2D eigenvalue weighted by atomic mass is 9.83. The van der Waals surface area contributed by atoms with Crippen LogP contribution in [0.1, 0.15) is 11.1 Å². The number of carbonyl (C=O) groups is 1. The Hall–Kier alpha value is -3.54. The number of hydrogen-bond acceptors (Lipinski definition) is 5. The first kappa shape index (κ1) is 20.4. The zero-order valence-electron chi connectivity index (χ0n) is 18.3. The molecule has 3 heterocycles. The van der Waals surface area contributed by atoms with E-state index in [1.54, 1.807) is 19.5 Å². The van der Waals surface area contributed by atoms with Gasteiger partial charge in [0.1, 0.15) is 5.75 Å². The number of hydrogen-bond donors (Lipinski definition) is 1. The number of benzene rings is 2. The normalized spacial score (nSPS) is 19.7. The number of nitrogens with zero attached hydrogens (tertiary/aromatic N) is 3. The van der Waals surface area contributed by atoms with Crippen LogP contribution in [0.15, 0.2) is 73.1 Å². The maximum atomic E-state index is 13.4. The molecule has 2 aromatic carbocycles. The number of nitrogens with one attached hydrogen (secondary N) is 1. The average Bonchev–Trinajstić information content (AvgIpc) is 2.87. The predicted molar refractivity (Wildman–Crippen MR) is 126 cm³/mol. The van der Waals surface area contributed by atoms with Crippen molar-refractivity contribution >= 4 is 17.3 Å². The fourth-order valence-corrected chi connectivity index (χ4v) is 4.91. The van der Waals surface area contributed by atoms with E-state index in [1.807, 2.05) is 24.3 Å². The summed E-state index contributed by atoms with van der Waals surface area (Å²) in [5.74, 6) is 0.851. The third-order valence-corrected chi connectivity index (χ3v) is 6.59. The molecule has 3 aromatic rings. The van der Waals surface area contributed by atoms with E-state index in [0.717, 1.165) is 37.4 Å². The van der Waals surface area contributed by atoms with Crippen LogP contribution in [0, 0.1) is 5.92 Å².